The van der Waals surface area contributed by atoms with Gasteiger partial charge in [0.05, 0.1) is 10.6 Å². The maximum absolute atomic E-state index is 12.2. The molecule has 0 aromatic heterocycles. The van der Waals surface area contributed by atoms with Gasteiger partial charge in [-0.3, -0.25) is 9.59 Å². The summed E-state index contributed by atoms with van der Waals surface area (Å²) in [5.74, 6) is -0.886. The summed E-state index contributed by atoms with van der Waals surface area (Å²) in [4.78, 5) is 23.6. The number of nitrogens with one attached hydrogen (secondary N) is 2. The maximum Gasteiger partial charge on any atom is 0.251 e. The molecule has 0 aliphatic heterocycles. The fraction of sp³-hybridized carbons (Fsp3) is 0.222. The van der Waals surface area contributed by atoms with Crippen molar-refractivity contribution in [2.24, 2.45) is 0 Å². The molecule has 0 saturated carbocycles. The van der Waals surface area contributed by atoms with E-state index < -0.39 is 15.7 Å². The summed E-state index contributed by atoms with van der Waals surface area (Å²) in [5.41, 5.74) is 1.95. The number of benzene rings is 2. The second kappa shape index (κ2) is 7.94. The highest BCUT2D eigenvalue weighted by atomic mass is 32.2. The molecular formula is C18H20N2O4S. The van der Waals surface area contributed by atoms with E-state index in [0.717, 1.165) is 5.56 Å². The number of anilines is 1. The molecule has 2 rings (SSSR count). The third-order valence-corrected chi connectivity index (χ3v) is 5.37. The normalized spacial score (nSPS) is 11.0. The minimum absolute atomic E-state index is 0.145. The minimum atomic E-state index is -3.50. The fourth-order valence-electron chi connectivity index (χ4n) is 2.16. The molecule has 0 aliphatic rings. The molecule has 0 saturated heterocycles. The Bertz CT molecular complexity index is 857. The molecule has 0 radical (unpaired) electrons. The number of carbonyl (C=O) groups is 2. The quantitative estimate of drug-likeness (QED) is 0.826. The van der Waals surface area contributed by atoms with E-state index in [1.54, 1.807) is 48.5 Å². The van der Waals surface area contributed by atoms with Gasteiger partial charge in [0.1, 0.15) is 0 Å². The van der Waals surface area contributed by atoms with Crippen LogP contribution >= 0.6 is 0 Å². The lowest BCUT2D eigenvalue weighted by Gasteiger charge is -2.07. The summed E-state index contributed by atoms with van der Waals surface area (Å²) < 4.78 is 24.5. The van der Waals surface area contributed by atoms with E-state index in [1.165, 1.54) is 7.05 Å². The van der Waals surface area contributed by atoms with Gasteiger partial charge in [0.25, 0.3) is 5.91 Å². The van der Waals surface area contributed by atoms with Crippen molar-refractivity contribution >= 4 is 27.3 Å². The Hall–Kier alpha value is -2.67. The number of aryl methyl sites for hydroxylation is 1. The molecule has 0 atom stereocenters. The van der Waals surface area contributed by atoms with Crippen molar-refractivity contribution in [2.45, 2.75) is 18.2 Å². The van der Waals surface area contributed by atoms with E-state index in [4.69, 9.17) is 0 Å². The van der Waals surface area contributed by atoms with E-state index in [9.17, 15) is 18.0 Å². The van der Waals surface area contributed by atoms with Crippen LogP contribution < -0.4 is 10.6 Å². The zero-order chi connectivity index (χ0) is 18.4. The molecule has 132 valence electrons. The van der Waals surface area contributed by atoms with Crippen molar-refractivity contribution in [3.63, 3.8) is 0 Å². The van der Waals surface area contributed by atoms with Gasteiger partial charge in [-0.1, -0.05) is 17.7 Å². The fourth-order valence-corrected chi connectivity index (χ4v) is 3.40. The largest absolute Gasteiger partial charge is 0.355 e. The van der Waals surface area contributed by atoms with Crippen LogP contribution in [0.2, 0.25) is 0 Å². The zero-order valence-corrected chi connectivity index (χ0v) is 14.9. The first-order chi connectivity index (χ1) is 11.8. The molecule has 25 heavy (non-hydrogen) atoms. The second-order valence-electron chi connectivity index (χ2n) is 5.59. The molecule has 2 amide bonds. The van der Waals surface area contributed by atoms with E-state index in [2.05, 4.69) is 10.6 Å². The van der Waals surface area contributed by atoms with Crippen LogP contribution in [0.1, 0.15) is 22.3 Å². The number of carbonyl (C=O) groups excluding carboxylic acids is 2. The third-order valence-electron chi connectivity index (χ3n) is 3.64. The summed E-state index contributed by atoms with van der Waals surface area (Å²) in [6.07, 6.45) is -0.145. The van der Waals surface area contributed by atoms with Gasteiger partial charge in [-0.05, 0) is 43.3 Å². The number of hydrogen-bond acceptors (Lipinski definition) is 4. The number of sulfone groups is 1. The lowest BCUT2D eigenvalue weighted by Crippen LogP contribution is -2.19. The van der Waals surface area contributed by atoms with Crippen LogP contribution in [0.25, 0.3) is 0 Å². The summed E-state index contributed by atoms with van der Waals surface area (Å²) in [7, 11) is -1.97. The Morgan fingerprint density at radius 2 is 1.56 bits per heavy atom. The van der Waals surface area contributed by atoms with Crippen LogP contribution in [0, 0.1) is 6.92 Å². The highest BCUT2D eigenvalue weighted by molar-refractivity contribution is 7.91. The molecule has 0 unspecified atom stereocenters. The topological polar surface area (TPSA) is 92.3 Å². The number of rotatable bonds is 6. The molecule has 2 aromatic rings. The summed E-state index contributed by atoms with van der Waals surface area (Å²) in [6, 6.07) is 12.9. The predicted octanol–water partition coefficient (Wildman–Crippen LogP) is 2.16. The highest BCUT2D eigenvalue weighted by Crippen LogP contribution is 2.14. The monoisotopic (exact) mass is 360 g/mol. The summed E-state index contributed by atoms with van der Waals surface area (Å²) in [5, 5.41) is 5.13. The molecule has 0 spiro atoms. The Balaban J connectivity index is 1.94. The molecule has 0 bridgehead atoms. The van der Waals surface area contributed by atoms with E-state index >= 15 is 0 Å². The van der Waals surface area contributed by atoms with Gasteiger partial charge >= 0.3 is 0 Å². The maximum atomic E-state index is 12.2. The van der Waals surface area contributed by atoms with Crippen molar-refractivity contribution < 1.29 is 18.0 Å². The van der Waals surface area contributed by atoms with Gasteiger partial charge in [-0.25, -0.2) is 8.42 Å². The molecule has 6 nitrogen and oxygen atoms in total. The standard InChI is InChI=1S/C18H20N2O4S/c1-13-3-9-16(10-4-13)25(23,24)12-11-17(21)20-15-7-5-14(6-8-15)18(22)19-2/h3-10H,11-12H2,1-2H3,(H,19,22)(H,20,21). The van der Waals surface area contributed by atoms with Crippen LogP contribution in [0.15, 0.2) is 53.4 Å². The highest BCUT2D eigenvalue weighted by Gasteiger charge is 2.16. The van der Waals surface area contributed by atoms with Crippen molar-refractivity contribution in [1.82, 2.24) is 5.32 Å². The lowest BCUT2D eigenvalue weighted by molar-refractivity contribution is -0.115. The van der Waals surface area contributed by atoms with Crippen molar-refractivity contribution in [3.05, 3.63) is 59.7 Å². The van der Waals surface area contributed by atoms with Crippen LogP contribution in [0.3, 0.4) is 0 Å². The molecule has 2 N–H and O–H groups in total. The predicted molar refractivity (Wildman–Crippen MR) is 96.3 cm³/mol. The van der Waals surface area contributed by atoms with Crippen molar-refractivity contribution in [2.75, 3.05) is 18.1 Å². The number of hydrogen-bond donors (Lipinski definition) is 2. The Morgan fingerprint density at radius 1 is 0.960 bits per heavy atom. The van der Waals surface area contributed by atoms with Gasteiger partial charge in [0.15, 0.2) is 9.84 Å². The average molecular weight is 360 g/mol. The Labute approximate surface area is 147 Å². The Morgan fingerprint density at radius 3 is 2.12 bits per heavy atom. The summed E-state index contributed by atoms with van der Waals surface area (Å²) in [6.45, 7) is 1.87. The smallest absolute Gasteiger partial charge is 0.251 e. The molecule has 7 heteroatoms. The van der Waals surface area contributed by atoms with Crippen LogP contribution in [0.5, 0.6) is 0 Å². The molecule has 0 fully saturated rings. The van der Waals surface area contributed by atoms with Gasteiger partial charge in [-0.2, -0.15) is 0 Å². The third kappa shape index (κ3) is 5.15. The van der Waals surface area contributed by atoms with Gasteiger partial charge in [-0.15, -0.1) is 0 Å². The van der Waals surface area contributed by atoms with Gasteiger partial charge in [0, 0.05) is 24.7 Å². The number of amides is 2. The zero-order valence-electron chi connectivity index (χ0n) is 14.1. The van der Waals surface area contributed by atoms with E-state index in [0.29, 0.717) is 11.3 Å². The average Bonchev–Trinajstić information content (AvgIpc) is 2.60. The molecule has 2 aromatic carbocycles. The van der Waals surface area contributed by atoms with Crippen molar-refractivity contribution in [1.29, 1.82) is 0 Å². The van der Waals surface area contributed by atoms with E-state index in [-0.39, 0.29) is 23.0 Å². The first-order valence-electron chi connectivity index (χ1n) is 7.73. The first kappa shape index (κ1) is 18.7. The van der Waals surface area contributed by atoms with Crippen molar-refractivity contribution in [3.8, 4) is 0 Å². The lowest BCUT2D eigenvalue weighted by atomic mass is 10.2. The van der Waals surface area contributed by atoms with E-state index in [1.807, 2.05) is 6.92 Å². The minimum Gasteiger partial charge on any atom is -0.355 e. The SMILES string of the molecule is CNC(=O)c1ccc(NC(=O)CCS(=O)(=O)c2ccc(C)cc2)cc1. The van der Waals surface area contributed by atoms with Crippen LogP contribution in [-0.4, -0.2) is 33.0 Å². The van der Waals surface area contributed by atoms with Gasteiger partial charge < -0.3 is 10.6 Å². The van der Waals surface area contributed by atoms with Crippen LogP contribution in [0.4, 0.5) is 5.69 Å². The van der Waals surface area contributed by atoms with Gasteiger partial charge in [0.2, 0.25) is 5.91 Å². The van der Waals surface area contributed by atoms with Crippen LogP contribution in [-0.2, 0) is 14.6 Å². The molecular weight excluding hydrogens is 340 g/mol. The summed E-state index contributed by atoms with van der Waals surface area (Å²) >= 11 is 0. The first-order valence-corrected chi connectivity index (χ1v) is 9.38. The molecule has 0 aliphatic carbocycles. The Kier molecular flexibility index (Phi) is 5.93. The second-order valence-corrected chi connectivity index (χ2v) is 7.70. The molecule has 0 heterocycles.